The maximum absolute atomic E-state index is 12.8. The molecule has 16 nitrogen and oxygen atoms in total. The Hall–Kier alpha value is -5.12. The van der Waals surface area contributed by atoms with Crippen LogP contribution in [0.25, 0.3) is 0 Å². The van der Waals surface area contributed by atoms with Crippen LogP contribution in [0.15, 0.2) is 42.5 Å². The van der Waals surface area contributed by atoms with Gasteiger partial charge in [-0.05, 0) is 18.4 Å². The quantitative estimate of drug-likeness (QED) is 0.0504. The van der Waals surface area contributed by atoms with Crippen molar-refractivity contribution in [3.63, 3.8) is 0 Å². The van der Waals surface area contributed by atoms with Crippen molar-refractivity contribution in [2.75, 3.05) is 46.6 Å². The highest BCUT2D eigenvalue weighted by atomic mass is 16.5. The van der Waals surface area contributed by atoms with Gasteiger partial charge in [0, 0.05) is 38.6 Å². The van der Waals surface area contributed by atoms with E-state index in [9.17, 15) is 38.4 Å². The van der Waals surface area contributed by atoms with Gasteiger partial charge in [0.05, 0.1) is 19.6 Å². The summed E-state index contributed by atoms with van der Waals surface area (Å²) < 4.78 is 4.97. The second kappa shape index (κ2) is 20.0. The van der Waals surface area contributed by atoms with Gasteiger partial charge in [0.2, 0.25) is 35.4 Å². The van der Waals surface area contributed by atoms with E-state index in [-0.39, 0.29) is 62.9 Å². The molecule has 0 aromatic heterocycles. The van der Waals surface area contributed by atoms with Crippen LogP contribution in [-0.4, -0.2) is 105 Å². The number of benzene rings is 1. The summed E-state index contributed by atoms with van der Waals surface area (Å²) in [6.45, 7) is -1.43. The molecule has 1 aromatic rings. The van der Waals surface area contributed by atoms with Gasteiger partial charge in [-0.3, -0.25) is 43.3 Å². The number of nitrogens with zero attached hydrogens (tertiary/aromatic N) is 1. The zero-order valence-corrected chi connectivity index (χ0v) is 25.0. The summed E-state index contributed by atoms with van der Waals surface area (Å²) in [4.78, 5) is 96.9. The lowest BCUT2D eigenvalue weighted by Crippen LogP contribution is -2.52. The number of likely N-dealkylation sites (N-methyl/N-ethyl adjacent to an activating group) is 1. The normalized spacial score (nSPS) is 12.7. The standard InChI is InChI=1S/C29H39N7O9/c1-30-26(41)18-45-19-34-24(39)16-33-29(44)21(14-20-8-4-2-5-9-20)35-25(40)17-32-23(38)15-31-22(37)10-6-3-7-13-36-27(42)11-12-28(36)43/h2,4-5,8-9,11-12,21H,3,6-7,10,13-19H2,1H3,(H,30,41)(H,31,37)(H,32,38)(H,33,44)(H,34,39)(H,35,40)/t21-/m0/s1. The van der Waals surface area contributed by atoms with E-state index in [1.54, 1.807) is 30.3 Å². The number of hydrogen-bond donors (Lipinski definition) is 6. The first-order valence-electron chi connectivity index (χ1n) is 14.3. The monoisotopic (exact) mass is 629 g/mol. The number of nitrogens with one attached hydrogen (secondary N) is 6. The fourth-order valence-corrected chi connectivity index (χ4v) is 3.90. The summed E-state index contributed by atoms with van der Waals surface area (Å²) >= 11 is 0. The molecule has 6 N–H and O–H groups in total. The lowest BCUT2D eigenvalue weighted by atomic mass is 10.1. The van der Waals surface area contributed by atoms with Gasteiger partial charge in [-0.15, -0.1) is 0 Å². The van der Waals surface area contributed by atoms with Crippen LogP contribution < -0.4 is 31.9 Å². The van der Waals surface area contributed by atoms with Crippen molar-refractivity contribution in [3.8, 4) is 0 Å². The average molecular weight is 630 g/mol. The number of amides is 8. The minimum atomic E-state index is -1.06. The van der Waals surface area contributed by atoms with Gasteiger partial charge >= 0.3 is 0 Å². The number of unbranched alkanes of at least 4 members (excludes halogenated alkanes) is 2. The Labute approximate surface area is 260 Å². The first-order chi connectivity index (χ1) is 21.6. The zero-order valence-electron chi connectivity index (χ0n) is 25.0. The summed E-state index contributed by atoms with van der Waals surface area (Å²) in [5.41, 5.74) is 0.742. The molecule has 1 aliphatic heterocycles. The maximum atomic E-state index is 12.8. The molecule has 0 bridgehead atoms. The third kappa shape index (κ3) is 14.7. The van der Waals surface area contributed by atoms with Gasteiger partial charge in [0.1, 0.15) is 19.4 Å². The van der Waals surface area contributed by atoms with E-state index in [0.717, 1.165) is 10.5 Å². The molecule has 0 fully saturated rings. The highest BCUT2D eigenvalue weighted by molar-refractivity contribution is 6.12. The summed E-state index contributed by atoms with van der Waals surface area (Å²) in [5.74, 6) is -3.93. The number of carbonyl (C=O) groups excluding carboxylic acids is 8. The fraction of sp³-hybridized carbons (Fsp3) is 0.448. The third-order valence-electron chi connectivity index (χ3n) is 6.32. The highest BCUT2D eigenvalue weighted by Crippen LogP contribution is 2.08. The van der Waals surface area contributed by atoms with Crippen LogP contribution in [-0.2, 0) is 49.5 Å². The number of imide groups is 1. The molecule has 2 rings (SSSR count). The number of hydrogen-bond acceptors (Lipinski definition) is 9. The Kier molecular flexibility index (Phi) is 16.0. The van der Waals surface area contributed by atoms with Gasteiger partial charge in [0.15, 0.2) is 0 Å². The van der Waals surface area contributed by atoms with Crippen molar-refractivity contribution in [1.29, 1.82) is 0 Å². The Balaban J connectivity index is 1.69. The number of ether oxygens (including phenoxy) is 1. The van der Waals surface area contributed by atoms with Gasteiger partial charge in [-0.2, -0.15) is 0 Å². The van der Waals surface area contributed by atoms with E-state index in [4.69, 9.17) is 4.74 Å². The van der Waals surface area contributed by atoms with Gasteiger partial charge < -0.3 is 36.6 Å². The molecular weight excluding hydrogens is 590 g/mol. The molecule has 244 valence electrons. The summed E-state index contributed by atoms with van der Waals surface area (Å²) in [7, 11) is 1.44. The highest BCUT2D eigenvalue weighted by Gasteiger charge is 2.23. The van der Waals surface area contributed by atoms with Crippen molar-refractivity contribution in [1.82, 2.24) is 36.8 Å². The lowest BCUT2D eigenvalue weighted by Gasteiger charge is -2.19. The van der Waals surface area contributed by atoms with Crippen LogP contribution in [0.2, 0.25) is 0 Å². The SMILES string of the molecule is CNC(=O)COCNC(=O)CNC(=O)[C@H](Cc1ccccc1)NC(=O)CNC(=O)CNC(=O)CCCCCN1C(=O)C=CC1=O. The Morgan fingerprint density at radius 3 is 2.04 bits per heavy atom. The summed E-state index contributed by atoms with van der Waals surface area (Å²) in [5, 5.41) is 14.6. The first-order valence-corrected chi connectivity index (χ1v) is 14.3. The Morgan fingerprint density at radius 2 is 1.36 bits per heavy atom. The van der Waals surface area contributed by atoms with Crippen LogP contribution in [0, 0.1) is 0 Å². The lowest BCUT2D eigenvalue weighted by molar-refractivity contribution is -0.137. The van der Waals surface area contributed by atoms with Crippen LogP contribution in [0.5, 0.6) is 0 Å². The fourth-order valence-electron chi connectivity index (χ4n) is 3.90. The van der Waals surface area contributed by atoms with E-state index in [1.165, 1.54) is 19.2 Å². The third-order valence-corrected chi connectivity index (χ3v) is 6.32. The van der Waals surface area contributed by atoms with E-state index < -0.39 is 42.8 Å². The minimum Gasteiger partial charge on any atom is -0.357 e. The van der Waals surface area contributed by atoms with E-state index in [1.807, 2.05) is 0 Å². The smallest absolute Gasteiger partial charge is 0.253 e. The molecular formula is C29H39N7O9. The van der Waals surface area contributed by atoms with Gasteiger partial charge in [0.25, 0.3) is 11.8 Å². The molecule has 8 amide bonds. The van der Waals surface area contributed by atoms with Gasteiger partial charge in [-0.25, -0.2) is 0 Å². The molecule has 0 spiro atoms. The minimum absolute atomic E-state index is 0.112. The Bertz CT molecular complexity index is 1240. The average Bonchev–Trinajstić information content (AvgIpc) is 3.35. The van der Waals surface area contributed by atoms with Gasteiger partial charge in [-0.1, -0.05) is 36.8 Å². The van der Waals surface area contributed by atoms with Crippen LogP contribution in [0.4, 0.5) is 0 Å². The largest absolute Gasteiger partial charge is 0.357 e. The van der Waals surface area contributed by atoms with Crippen molar-refractivity contribution >= 4 is 47.3 Å². The van der Waals surface area contributed by atoms with Crippen molar-refractivity contribution in [3.05, 3.63) is 48.0 Å². The molecule has 0 aliphatic carbocycles. The molecule has 1 aromatic carbocycles. The molecule has 16 heteroatoms. The van der Waals surface area contributed by atoms with Crippen molar-refractivity contribution in [2.45, 2.75) is 38.1 Å². The maximum Gasteiger partial charge on any atom is 0.253 e. The topological polar surface area (TPSA) is 221 Å². The molecule has 0 unspecified atom stereocenters. The molecule has 1 atom stereocenters. The predicted molar refractivity (Wildman–Crippen MR) is 158 cm³/mol. The Morgan fingerprint density at radius 1 is 0.733 bits per heavy atom. The van der Waals surface area contributed by atoms with E-state index >= 15 is 0 Å². The number of rotatable bonds is 20. The van der Waals surface area contributed by atoms with Crippen LogP contribution in [0.1, 0.15) is 31.2 Å². The van der Waals surface area contributed by atoms with Crippen molar-refractivity contribution < 1.29 is 43.1 Å². The molecule has 1 aliphatic rings. The van der Waals surface area contributed by atoms with E-state index in [2.05, 4.69) is 31.9 Å². The molecule has 1 heterocycles. The van der Waals surface area contributed by atoms with E-state index in [0.29, 0.717) is 19.3 Å². The summed E-state index contributed by atoms with van der Waals surface area (Å²) in [6, 6.07) is 7.79. The second-order valence-electron chi connectivity index (χ2n) is 9.82. The summed E-state index contributed by atoms with van der Waals surface area (Å²) in [6.07, 6.45) is 4.34. The molecule has 45 heavy (non-hydrogen) atoms. The molecule has 0 saturated heterocycles. The molecule has 0 saturated carbocycles. The van der Waals surface area contributed by atoms with Crippen molar-refractivity contribution in [2.24, 2.45) is 0 Å². The second-order valence-corrected chi connectivity index (χ2v) is 9.82. The van der Waals surface area contributed by atoms with Crippen LogP contribution in [0.3, 0.4) is 0 Å². The predicted octanol–water partition coefficient (Wildman–Crippen LogP) is -2.62. The zero-order chi connectivity index (χ0) is 33.0. The molecule has 0 radical (unpaired) electrons. The number of carbonyl (C=O) groups is 8. The van der Waals surface area contributed by atoms with Crippen LogP contribution >= 0.6 is 0 Å². The first kappa shape index (κ1) is 36.1.